The van der Waals surface area contributed by atoms with E-state index in [1.165, 1.54) is 0 Å². The van der Waals surface area contributed by atoms with Crippen molar-refractivity contribution in [3.8, 4) is 0 Å². The minimum absolute atomic E-state index is 0.00524. The van der Waals surface area contributed by atoms with Gasteiger partial charge in [0.15, 0.2) is 0 Å². The number of carbonyl (C=O) groups excluding carboxylic acids is 2. The van der Waals surface area contributed by atoms with Crippen LogP contribution in [-0.2, 0) is 39.5 Å². The van der Waals surface area contributed by atoms with Gasteiger partial charge in [0.25, 0.3) is 0 Å². The molecule has 2 heterocycles. The molecular weight excluding hydrogens is 820 g/mol. The molecule has 0 aliphatic carbocycles. The summed E-state index contributed by atoms with van der Waals surface area (Å²) in [4.78, 5) is 35.2. The summed E-state index contributed by atoms with van der Waals surface area (Å²) < 4.78 is 27.7. The Bertz CT molecular complexity index is 1900. The molecule has 61 heavy (non-hydrogen) atoms. The third-order valence-corrected chi connectivity index (χ3v) is 12.9. The highest BCUT2D eigenvalue weighted by Gasteiger charge is 2.37. The van der Waals surface area contributed by atoms with Crippen LogP contribution in [0.1, 0.15) is 47.9 Å². The van der Waals surface area contributed by atoms with Gasteiger partial charge in [-0.15, -0.1) is 0 Å². The first-order chi connectivity index (χ1) is 29.7. The molecule has 0 N–H and O–H groups in total. The molecule has 4 unspecified atom stereocenters. The third kappa shape index (κ3) is 14.4. The van der Waals surface area contributed by atoms with Crippen molar-refractivity contribution in [1.82, 2.24) is 19.6 Å². The largest absolute Gasteiger partial charge is 0.328 e. The maximum atomic E-state index is 14.6. The Morgan fingerprint density at radius 3 is 1.26 bits per heavy atom. The zero-order chi connectivity index (χ0) is 42.9. The minimum atomic E-state index is -3.72. The standard InChI is InChI=1S/C49H61N4O5PS2/c1-59(56,57-46(34-40-18-6-2-7-19-40)28-26-44-38-50(36-42-22-10-4-11-23-42)48(54)52(44)30-14-16-32-60)58-47(35-41-20-8-3-9-21-41)29-27-45-39-51(37-43-24-12-5-13-25-43)49(55)53(45)31-15-17-33-61/h2-13,18-29,44-47,60-61H,14-17,30-39H2,1H3. The van der Waals surface area contributed by atoms with Crippen LogP contribution in [-0.4, -0.2) is 100 Å². The first-order valence-electron chi connectivity index (χ1n) is 21.5. The van der Waals surface area contributed by atoms with Crippen LogP contribution in [0.3, 0.4) is 0 Å². The molecule has 9 nitrogen and oxygen atoms in total. The molecule has 0 spiro atoms. The van der Waals surface area contributed by atoms with E-state index in [1.807, 2.05) is 165 Å². The van der Waals surface area contributed by atoms with E-state index in [1.54, 1.807) is 6.66 Å². The van der Waals surface area contributed by atoms with Crippen molar-refractivity contribution in [2.45, 2.75) is 75.9 Å². The summed E-state index contributed by atoms with van der Waals surface area (Å²) in [6.45, 7) is 4.90. The van der Waals surface area contributed by atoms with E-state index in [0.717, 1.165) is 59.4 Å². The average molecular weight is 881 g/mol. The molecule has 2 aliphatic rings. The van der Waals surface area contributed by atoms with Gasteiger partial charge in [0, 0.05) is 58.8 Å². The lowest BCUT2D eigenvalue weighted by molar-refractivity contribution is 0.152. The second kappa shape index (κ2) is 23.8. The van der Waals surface area contributed by atoms with Crippen LogP contribution in [0, 0.1) is 0 Å². The highest BCUT2D eigenvalue weighted by molar-refractivity contribution is 7.80. The molecule has 4 aromatic carbocycles. The fourth-order valence-electron chi connectivity index (χ4n) is 7.96. The lowest BCUT2D eigenvalue weighted by atomic mass is 10.1. The highest BCUT2D eigenvalue weighted by Crippen LogP contribution is 2.48. The van der Waals surface area contributed by atoms with Crippen molar-refractivity contribution in [2.75, 3.05) is 44.3 Å². The van der Waals surface area contributed by atoms with Gasteiger partial charge in [0.2, 0.25) is 0 Å². The van der Waals surface area contributed by atoms with Crippen molar-refractivity contribution in [3.05, 3.63) is 168 Å². The predicted molar refractivity (Wildman–Crippen MR) is 254 cm³/mol. The normalized spacial score (nSPS) is 19.1. The Kier molecular flexibility index (Phi) is 18.1. The number of hydrogen-bond donors (Lipinski definition) is 2. The second-order valence-corrected chi connectivity index (χ2v) is 18.7. The zero-order valence-electron chi connectivity index (χ0n) is 35.2. The summed E-state index contributed by atoms with van der Waals surface area (Å²) >= 11 is 8.81. The molecule has 4 amide bonds. The van der Waals surface area contributed by atoms with Crippen molar-refractivity contribution in [2.24, 2.45) is 0 Å². The van der Waals surface area contributed by atoms with Gasteiger partial charge in [0.05, 0.1) is 24.3 Å². The highest BCUT2D eigenvalue weighted by atomic mass is 32.1. The van der Waals surface area contributed by atoms with E-state index < -0.39 is 19.8 Å². The van der Waals surface area contributed by atoms with Gasteiger partial charge < -0.3 is 28.6 Å². The van der Waals surface area contributed by atoms with Gasteiger partial charge in [-0.3, -0.25) is 4.57 Å². The Hall–Kier alpha value is -4.25. The van der Waals surface area contributed by atoms with Crippen LogP contribution in [0.15, 0.2) is 146 Å². The first kappa shape index (κ1) is 46.3. The molecular formula is C49H61N4O5PS2. The topological polar surface area (TPSA) is 82.6 Å². The van der Waals surface area contributed by atoms with E-state index in [2.05, 4.69) is 25.3 Å². The number of rotatable bonds is 24. The van der Waals surface area contributed by atoms with Gasteiger partial charge in [-0.1, -0.05) is 146 Å². The summed E-state index contributed by atoms with van der Waals surface area (Å²) in [5, 5.41) is 0. The Morgan fingerprint density at radius 2 is 0.918 bits per heavy atom. The summed E-state index contributed by atoms with van der Waals surface area (Å²) in [5.74, 6) is 1.52. The molecule has 324 valence electrons. The quantitative estimate of drug-likeness (QED) is 0.0317. The Balaban J connectivity index is 1.22. The maximum Gasteiger partial charge on any atom is 0.328 e. The van der Waals surface area contributed by atoms with Crippen molar-refractivity contribution in [1.29, 1.82) is 0 Å². The number of benzene rings is 4. The smallest absolute Gasteiger partial charge is 0.318 e. The molecule has 0 saturated carbocycles. The van der Waals surface area contributed by atoms with Crippen LogP contribution in [0.4, 0.5) is 9.59 Å². The molecule has 4 aromatic rings. The van der Waals surface area contributed by atoms with Crippen molar-refractivity contribution < 1.29 is 23.2 Å². The summed E-state index contributed by atoms with van der Waals surface area (Å²) in [5.41, 5.74) is 4.21. The molecule has 0 bridgehead atoms. The van der Waals surface area contributed by atoms with E-state index >= 15 is 0 Å². The van der Waals surface area contributed by atoms with Crippen LogP contribution in [0.2, 0.25) is 0 Å². The summed E-state index contributed by atoms with van der Waals surface area (Å²) in [6.07, 6.45) is 11.3. The van der Waals surface area contributed by atoms with Gasteiger partial charge in [-0.2, -0.15) is 25.3 Å². The van der Waals surface area contributed by atoms with Gasteiger partial charge in [-0.05, 0) is 59.4 Å². The monoisotopic (exact) mass is 880 g/mol. The SMILES string of the molecule is CP(=O)(OC(C=CC1CN(Cc2ccccc2)C(=O)N1CCCCS)Cc1ccccc1)OC(C=CC1CN(Cc2ccccc2)C(=O)N1CCCCS)Cc1ccccc1. The molecule has 6 rings (SSSR count). The molecule has 0 aromatic heterocycles. The lowest BCUT2D eigenvalue weighted by Crippen LogP contribution is -2.35. The molecule has 0 radical (unpaired) electrons. The van der Waals surface area contributed by atoms with Gasteiger partial charge in [0.1, 0.15) is 0 Å². The predicted octanol–water partition coefficient (Wildman–Crippen LogP) is 10.2. The maximum absolute atomic E-state index is 14.6. The number of unbranched alkanes of at least 4 members (excludes halogenated alkanes) is 2. The average Bonchev–Trinajstić information content (AvgIpc) is 3.72. The van der Waals surface area contributed by atoms with Gasteiger partial charge >= 0.3 is 19.7 Å². The summed E-state index contributed by atoms with van der Waals surface area (Å²) in [6, 6.07) is 39.7. The molecule has 4 atom stereocenters. The number of carbonyl (C=O) groups is 2. The number of urea groups is 2. The second-order valence-electron chi connectivity index (χ2n) is 15.9. The van der Waals surface area contributed by atoms with Crippen LogP contribution < -0.4 is 0 Å². The molecule has 2 saturated heterocycles. The zero-order valence-corrected chi connectivity index (χ0v) is 37.9. The van der Waals surface area contributed by atoms with Crippen molar-refractivity contribution >= 4 is 44.9 Å². The van der Waals surface area contributed by atoms with E-state index in [4.69, 9.17) is 9.05 Å². The van der Waals surface area contributed by atoms with E-state index in [-0.39, 0.29) is 24.1 Å². The van der Waals surface area contributed by atoms with Crippen LogP contribution in [0.5, 0.6) is 0 Å². The first-order valence-corrected chi connectivity index (χ1v) is 24.8. The number of nitrogens with zero attached hydrogens (tertiary/aromatic N) is 4. The van der Waals surface area contributed by atoms with Crippen molar-refractivity contribution in [3.63, 3.8) is 0 Å². The molecule has 2 aliphatic heterocycles. The fourth-order valence-corrected chi connectivity index (χ4v) is 9.73. The number of thiol groups is 2. The van der Waals surface area contributed by atoms with E-state index in [9.17, 15) is 14.2 Å². The lowest BCUT2D eigenvalue weighted by Gasteiger charge is -2.26. The van der Waals surface area contributed by atoms with Crippen LogP contribution in [0.25, 0.3) is 0 Å². The minimum Gasteiger partial charge on any atom is -0.318 e. The third-order valence-electron chi connectivity index (χ3n) is 11.0. The number of hydrogen-bond acceptors (Lipinski definition) is 7. The Morgan fingerprint density at radius 1 is 0.574 bits per heavy atom. The molecule has 2 fully saturated rings. The fraction of sp³-hybridized carbons (Fsp3) is 0.388. The van der Waals surface area contributed by atoms with Crippen LogP contribution >= 0.6 is 32.9 Å². The molecule has 12 heteroatoms. The number of amides is 4. The Labute approximate surface area is 374 Å². The summed E-state index contributed by atoms with van der Waals surface area (Å²) in [7, 11) is -3.72. The van der Waals surface area contributed by atoms with Gasteiger partial charge in [-0.25, -0.2) is 9.59 Å². The van der Waals surface area contributed by atoms with E-state index in [0.29, 0.717) is 52.1 Å².